The number of aryl methyl sites for hydroxylation is 1. The van der Waals surface area contributed by atoms with Crippen LogP contribution in [0.3, 0.4) is 0 Å². The standard InChI is InChI=1S/C19H18F2N4O/c1-2-12-10-17(25-19(24-12)15-8-3-4-9-22-15)23-11-16(26)18-13(20)6-5-7-14(18)21/h3-10,16,26H,2,11H2,1H3,(H,23,24,25). The van der Waals surface area contributed by atoms with Gasteiger partial charge < -0.3 is 10.4 Å². The van der Waals surface area contributed by atoms with Crippen molar-refractivity contribution in [3.05, 3.63) is 71.6 Å². The third-order valence-corrected chi connectivity index (χ3v) is 3.84. The number of nitrogens with one attached hydrogen (secondary N) is 1. The van der Waals surface area contributed by atoms with Gasteiger partial charge in [-0.1, -0.05) is 19.1 Å². The zero-order chi connectivity index (χ0) is 18.5. The maximum atomic E-state index is 13.8. The van der Waals surface area contributed by atoms with E-state index in [1.807, 2.05) is 13.0 Å². The van der Waals surface area contributed by atoms with Gasteiger partial charge in [0.15, 0.2) is 5.82 Å². The minimum Gasteiger partial charge on any atom is -0.386 e. The van der Waals surface area contributed by atoms with E-state index in [4.69, 9.17) is 0 Å². The van der Waals surface area contributed by atoms with Gasteiger partial charge in [0.25, 0.3) is 0 Å². The summed E-state index contributed by atoms with van der Waals surface area (Å²) >= 11 is 0. The first-order valence-electron chi connectivity index (χ1n) is 8.23. The molecule has 0 aliphatic rings. The van der Waals surface area contributed by atoms with E-state index >= 15 is 0 Å². The molecule has 0 spiro atoms. The molecule has 26 heavy (non-hydrogen) atoms. The zero-order valence-corrected chi connectivity index (χ0v) is 14.2. The first-order chi connectivity index (χ1) is 12.6. The summed E-state index contributed by atoms with van der Waals surface area (Å²) < 4.78 is 27.5. The van der Waals surface area contributed by atoms with E-state index < -0.39 is 17.7 Å². The van der Waals surface area contributed by atoms with Gasteiger partial charge in [0.2, 0.25) is 0 Å². The Morgan fingerprint density at radius 1 is 1.08 bits per heavy atom. The summed E-state index contributed by atoms with van der Waals surface area (Å²) in [7, 11) is 0. The van der Waals surface area contributed by atoms with E-state index in [2.05, 4.69) is 20.3 Å². The van der Waals surface area contributed by atoms with Crippen LogP contribution in [-0.4, -0.2) is 26.6 Å². The van der Waals surface area contributed by atoms with E-state index in [1.54, 1.807) is 24.4 Å². The molecule has 1 unspecified atom stereocenters. The van der Waals surface area contributed by atoms with Crippen molar-refractivity contribution >= 4 is 5.82 Å². The van der Waals surface area contributed by atoms with Crippen molar-refractivity contribution in [2.75, 3.05) is 11.9 Å². The molecular formula is C19H18F2N4O. The summed E-state index contributed by atoms with van der Waals surface area (Å²) in [6.45, 7) is 1.86. The molecule has 0 amide bonds. The third-order valence-electron chi connectivity index (χ3n) is 3.84. The lowest BCUT2D eigenvalue weighted by Gasteiger charge is -2.15. The average Bonchev–Trinajstić information content (AvgIpc) is 2.66. The first kappa shape index (κ1) is 17.9. The molecule has 5 nitrogen and oxygen atoms in total. The van der Waals surface area contributed by atoms with E-state index in [0.717, 1.165) is 17.8 Å². The van der Waals surface area contributed by atoms with Gasteiger partial charge in [-0.2, -0.15) is 0 Å². The number of nitrogens with zero attached hydrogens (tertiary/aromatic N) is 3. The van der Waals surface area contributed by atoms with Crippen LogP contribution in [0.1, 0.15) is 24.3 Å². The fraction of sp³-hybridized carbons (Fsp3) is 0.211. The lowest BCUT2D eigenvalue weighted by molar-refractivity contribution is 0.181. The van der Waals surface area contributed by atoms with Crippen LogP contribution >= 0.6 is 0 Å². The third kappa shape index (κ3) is 4.00. The van der Waals surface area contributed by atoms with Gasteiger partial charge in [0.1, 0.15) is 29.3 Å². The smallest absolute Gasteiger partial charge is 0.180 e. The summed E-state index contributed by atoms with van der Waals surface area (Å²) in [6.07, 6.45) is 0.978. The Hall–Kier alpha value is -2.93. The van der Waals surface area contributed by atoms with E-state index in [-0.39, 0.29) is 12.1 Å². The second-order valence-electron chi connectivity index (χ2n) is 5.67. The van der Waals surface area contributed by atoms with Crippen LogP contribution < -0.4 is 5.32 Å². The highest BCUT2D eigenvalue weighted by molar-refractivity contribution is 5.53. The summed E-state index contributed by atoms with van der Waals surface area (Å²) in [5.74, 6) is -0.678. The molecule has 134 valence electrons. The molecule has 3 aromatic rings. The first-order valence-corrected chi connectivity index (χ1v) is 8.23. The number of pyridine rings is 1. The fourth-order valence-corrected chi connectivity index (χ4v) is 2.51. The quantitative estimate of drug-likeness (QED) is 0.707. The van der Waals surface area contributed by atoms with Crippen LogP contribution in [0.4, 0.5) is 14.6 Å². The van der Waals surface area contributed by atoms with Crippen molar-refractivity contribution < 1.29 is 13.9 Å². The predicted octanol–water partition coefficient (Wildman–Crippen LogP) is 3.52. The second-order valence-corrected chi connectivity index (χ2v) is 5.67. The van der Waals surface area contributed by atoms with E-state index in [9.17, 15) is 13.9 Å². The molecule has 0 saturated carbocycles. The number of rotatable bonds is 6. The van der Waals surface area contributed by atoms with Crippen LogP contribution in [-0.2, 0) is 6.42 Å². The number of aliphatic hydroxyl groups is 1. The summed E-state index contributed by atoms with van der Waals surface area (Å²) in [4.78, 5) is 13.0. The van der Waals surface area contributed by atoms with Gasteiger partial charge in [0.05, 0.1) is 5.56 Å². The molecule has 2 N–H and O–H groups in total. The average molecular weight is 356 g/mol. The Labute approximate surface area is 149 Å². The maximum absolute atomic E-state index is 13.8. The molecule has 2 heterocycles. The molecule has 2 aromatic heterocycles. The van der Waals surface area contributed by atoms with Gasteiger partial charge in [-0.05, 0) is 30.7 Å². The molecular weight excluding hydrogens is 338 g/mol. The zero-order valence-electron chi connectivity index (χ0n) is 14.2. The van der Waals surface area contributed by atoms with Gasteiger partial charge in [0, 0.05) is 24.5 Å². The number of halogens is 2. The molecule has 0 radical (unpaired) electrons. The highest BCUT2D eigenvalue weighted by Gasteiger charge is 2.18. The molecule has 1 aromatic carbocycles. The Morgan fingerprint density at radius 3 is 2.50 bits per heavy atom. The summed E-state index contributed by atoms with van der Waals surface area (Å²) in [5.41, 5.74) is 1.04. The van der Waals surface area contributed by atoms with Crippen molar-refractivity contribution in [2.24, 2.45) is 0 Å². The van der Waals surface area contributed by atoms with Crippen LogP contribution in [0.25, 0.3) is 11.5 Å². The van der Waals surface area contributed by atoms with Crippen molar-refractivity contribution in [1.82, 2.24) is 15.0 Å². The lowest BCUT2D eigenvalue weighted by Crippen LogP contribution is -2.16. The Morgan fingerprint density at radius 2 is 1.85 bits per heavy atom. The Bertz CT molecular complexity index is 870. The van der Waals surface area contributed by atoms with Crippen LogP contribution in [0.2, 0.25) is 0 Å². The van der Waals surface area contributed by atoms with E-state index in [1.165, 1.54) is 6.07 Å². The number of anilines is 1. The fourth-order valence-electron chi connectivity index (χ4n) is 2.51. The van der Waals surface area contributed by atoms with Crippen LogP contribution in [0.15, 0.2) is 48.7 Å². The Balaban J connectivity index is 1.81. The van der Waals surface area contributed by atoms with Gasteiger partial charge >= 0.3 is 0 Å². The molecule has 0 bridgehead atoms. The van der Waals surface area contributed by atoms with Crippen molar-refractivity contribution in [2.45, 2.75) is 19.4 Å². The van der Waals surface area contributed by atoms with E-state index in [0.29, 0.717) is 23.8 Å². The summed E-state index contributed by atoms with van der Waals surface area (Å²) in [5, 5.41) is 13.1. The molecule has 0 fully saturated rings. The largest absolute Gasteiger partial charge is 0.386 e. The highest BCUT2D eigenvalue weighted by Crippen LogP contribution is 2.22. The number of aromatic nitrogens is 3. The predicted molar refractivity (Wildman–Crippen MR) is 94.4 cm³/mol. The highest BCUT2D eigenvalue weighted by atomic mass is 19.1. The minimum atomic E-state index is -1.35. The normalized spacial score (nSPS) is 12.0. The lowest BCUT2D eigenvalue weighted by atomic mass is 10.1. The molecule has 3 rings (SSSR count). The van der Waals surface area contributed by atoms with Crippen molar-refractivity contribution in [3.8, 4) is 11.5 Å². The molecule has 0 saturated heterocycles. The van der Waals surface area contributed by atoms with Crippen LogP contribution in [0, 0.1) is 11.6 Å². The maximum Gasteiger partial charge on any atom is 0.180 e. The number of hydrogen-bond acceptors (Lipinski definition) is 5. The monoisotopic (exact) mass is 356 g/mol. The Kier molecular flexibility index (Phi) is 5.48. The minimum absolute atomic E-state index is 0.0975. The molecule has 0 aliphatic carbocycles. The summed E-state index contributed by atoms with van der Waals surface area (Å²) in [6, 6.07) is 10.6. The van der Waals surface area contributed by atoms with Crippen molar-refractivity contribution in [3.63, 3.8) is 0 Å². The van der Waals surface area contributed by atoms with Gasteiger partial charge in [-0.15, -0.1) is 0 Å². The van der Waals surface area contributed by atoms with Crippen molar-refractivity contribution in [1.29, 1.82) is 0 Å². The molecule has 7 heteroatoms. The second kappa shape index (κ2) is 7.97. The van der Waals surface area contributed by atoms with Crippen LogP contribution in [0.5, 0.6) is 0 Å². The van der Waals surface area contributed by atoms with Gasteiger partial charge in [-0.3, -0.25) is 4.98 Å². The number of aliphatic hydroxyl groups excluding tert-OH is 1. The SMILES string of the molecule is CCc1cc(NCC(O)c2c(F)cccc2F)nc(-c2ccccn2)n1. The topological polar surface area (TPSA) is 70.9 Å². The molecule has 0 aliphatic heterocycles. The molecule has 1 atom stereocenters. The van der Waals surface area contributed by atoms with Gasteiger partial charge in [-0.25, -0.2) is 18.7 Å². The number of hydrogen-bond donors (Lipinski definition) is 2. The number of benzene rings is 1.